The number of ether oxygens (including phenoxy) is 3. The summed E-state index contributed by atoms with van der Waals surface area (Å²) >= 11 is 0. The van der Waals surface area contributed by atoms with E-state index in [9.17, 15) is 9.59 Å². The zero-order valence-electron chi connectivity index (χ0n) is 14.7. The van der Waals surface area contributed by atoms with Crippen LogP contribution in [0.3, 0.4) is 0 Å². The highest BCUT2D eigenvalue weighted by Crippen LogP contribution is 2.29. The maximum atomic E-state index is 12.2. The fraction of sp³-hybridized carbons (Fsp3) is 0.444. The van der Waals surface area contributed by atoms with E-state index >= 15 is 0 Å². The van der Waals surface area contributed by atoms with Crippen LogP contribution in [0.1, 0.15) is 29.5 Å². The van der Waals surface area contributed by atoms with Gasteiger partial charge in [-0.25, -0.2) is 4.79 Å². The molecule has 1 heterocycles. The number of hydrogen-bond donors (Lipinski definition) is 1. The quantitative estimate of drug-likeness (QED) is 0.553. The first-order chi connectivity index (χ1) is 12.1. The maximum absolute atomic E-state index is 12.2. The summed E-state index contributed by atoms with van der Waals surface area (Å²) in [5.74, 6) is -0.236. The number of nitrogens with one attached hydrogen (secondary N) is 1. The van der Waals surface area contributed by atoms with Crippen LogP contribution in [-0.4, -0.2) is 45.4 Å². The van der Waals surface area contributed by atoms with Crippen LogP contribution in [0.4, 0.5) is 0 Å². The molecule has 0 fully saturated rings. The SMILES string of the molecule is CCOc1ccc2oc(C(=O)OCC(=O)NCCCOC)c(C)c2c1. The van der Waals surface area contributed by atoms with Crippen molar-refractivity contribution in [1.29, 1.82) is 0 Å². The van der Waals surface area contributed by atoms with Crippen LogP contribution >= 0.6 is 0 Å². The summed E-state index contributed by atoms with van der Waals surface area (Å²) in [5.41, 5.74) is 1.22. The van der Waals surface area contributed by atoms with Crippen molar-refractivity contribution in [1.82, 2.24) is 5.32 Å². The van der Waals surface area contributed by atoms with Gasteiger partial charge in [-0.1, -0.05) is 0 Å². The minimum Gasteiger partial charge on any atom is -0.494 e. The molecule has 0 aliphatic rings. The lowest BCUT2D eigenvalue weighted by Gasteiger charge is -2.05. The third-order valence-corrected chi connectivity index (χ3v) is 3.59. The minimum absolute atomic E-state index is 0.0934. The van der Waals surface area contributed by atoms with Gasteiger partial charge in [0.05, 0.1) is 6.61 Å². The van der Waals surface area contributed by atoms with Crippen molar-refractivity contribution >= 4 is 22.8 Å². The second kappa shape index (κ2) is 9.08. The van der Waals surface area contributed by atoms with E-state index in [1.807, 2.05) is 13.0 Å². The minimum atomic E-state index is -0.668. The maximum Gasteiger partial charge on any atom is 0.375 e. The van der Waals surface area contributed by atoms with Crippen LogP contribution in [-0.2, 0) is 14.3 Å². The molecule has 0 saturated carbocycles. The topological polar surface area (TPSA) is 87.0 Å². The Bertz CT molecular complexity index is 736. The zero-order chi connectivity index (χ0) is 18.2. The molecule has 0 aliphatic carbocycles. The highest BCUT2D eigenvalue weighted by molar-refractivity contribution is 5.97. The summed E-state index contributed by atoms with van der Waals surface area (Å²) in [5, 5.41) is 3.42. The second-order valence-electron chi connectivity index (χ2n) is 5.42. The number of aryl methyl sites for hydroxylation is 1. The second-order valence-corrected chi connectivity index (χ2v) is 5.42. The van der Waals surface area contributed by atoms with Crippen LogP contribution in [0.15, 0.2) is 22.6 Å². The summed E-state index contributed by atoms with van der Waals surface area (Å²) in [6.07, 6.45) is 0.695. The van der Waals surface area contributed by atoms with Gasteiger partial charge in [0.15, 0.2) is 6.61 Å². The highest BCUT2D eigenvalue weighted by Gasteiger charge is 2.20. The first-order valence-corrected chi connectivity index (χ1v) is 8.15. The number of carbonyl (C=O) groups is 2. The lowest BCUT2D eigenvalue weighted by Crippen LogP contribution is -2.30. The van der Waals surface area contributed by atoms with Gasteiger partial charge in [0.25, 0.3) is 5.91 Å². The number of furan rings is 1. The standard InChI is InChI=1S/C18H23NO6/c1-4-23-13-6-7-15-14(10-13)12(2)17(25-15)18(21)24-11-16(20)19-8-5-9-22-3/h6-7,10H,4-5,8-9,11H2,1-3H3,(H,19,20). The van der Waals surface area contributed by atoms with Gasteiger partial charge in [0, 0.05) is 31.2 Å². The molecule has 1 aromatic carbocycles. The molecule has 2 aromatic rings. The van der Waals surface area contributed by atoms with Gasteiger partial charge in [-0.15, -0.1) is 0 Å². The van der Waals surface area contributed by atoms with Crippen molar-refractivity contribution in [2.45, 2.75) is 20.3 Å². The molecule has 1 amide bonds. The average Bonchev–Trinajstić information content (AvgIpc) is 2.93. The average molecular weight is 349 g/mol. The molecule has 0 bridgehead atoms. The van der Waals surface area contributed by atoms with Crippen LogP contribution in [0, 0.1) is 6.92 Å². The molecule has 7 heteroatoms. The van der Waals surface area contributed by atoms with Gasteiger partial charge in [-0.05, 0) is 38.5 Å². The van der Waals surface area contributed by atoms with Gasteiger partial charge in [-0.3, -0.25) is 4.79 Å². The Kier molecular flexibility index (Phi) is 6.82. The Labute approximate surface area is 146 Å². The molecule has 25 heavy (non-hydrogen) atoms. The Morgan fingerprint density at radius 2 is 2.08 bits per heavy atom. The van der Waals surface area contributed by atoms with E-state index in [-0.39, 0.29) is 18.3 Å². The van der Waals surface area contributed by atoms with Crippen molar-refractivity contribution in [3.63, 3.8) is 0 Å². The number of hydrogen-bond acceptors (Lipinski definition) is 6. The van der Waals surface area contributed by atoms with E-state index in [1.165, 1.54) is 0 Å². The molecule has 2 rings (SSSR count). The van der Waals surface area contributed by atoms with E-state index in [2.05, 4.69) is 5.32 Å². The Morgan fingerprint density at radius 3 is 2.80 bits per heavy atom. The van der Waals surface area contributed by atoms with E-state index < -0.39 is 5.97 Å². The Hall–Kier alpha value is -2.54. The monoisotopic (exact) mass is 349 g/mol. The van der Waals surface area contributed by atoms with Crippen molar-refractivity contribution < 1.29 is 28.2 Å². The molecule has 0 spiro atoms. The number of rotatable bonds is 9. The third-order valence-electron chi connectivity index (χ3n) is 3.59. The molecule has 0 radical (unpaired) electrons. The number of esters is 1. The molecule has 136 valence electrons. The first kappa shape index (κ1) is 18.8. The number of carbonyl (C=O) groups excluding carboxylic acids is 2. The van der Waals surface area contributed by atoms with E-state index in [1.54, 1.807) is 26.2 Å². The fourth-order valence-electron chi connectivity index (χ4n) is 2.34. The number of amides is 1. The fourth-order valence-corrected chi connectivity index (χ4v) is 2.34. The van der Waals surface area contributed by atoms with E-state index in [0.29, 0.717) is 43.1 Å². The normalized spacial score (nSPS) is 10.7. The first-order valence-electron chi connectivity index (χ1n) is 8.15. The number of fused-ring (bicyclic) bond motifs is 1. The predicted octanol–water partition coefficient (Wildman–Crippen LogP) is 2.45. The van der Waals surface area contributed by atoms with Crippen LogP contribution < -0.4 is 10.1 Å². The van der Waals surface area contributed by atoms with Gasteiger partial charge < -0.3 is 23.9 Å². The van der Waals surface area contributed by atoms with Gasteiger partial charge in [-0.2, -0.15) is 0 Å². The number of benzene rings is 1. The smallest absolute Gasteiger partial charge is 0.375 e. The van der Waals surface area contributed by atoms with Crippen LogP contribution in [0.25, 0.3) is 11.0 Å². The molecular formula is C18H23NO6. The van der Waals surface area contributed by atoms with Gasteiger partial charge >= 0.3 is 5.97 Å². The van der Waals surface area contributed by atoms with E-state index in [4.69, 9.17) is 18.6 Å². The Morgan fingerprint density at radius 1 is 1.28 bits per heavy atom. The van der Waals surface area contributed by atoms with Crippen LogP contribution in [0.2, 0.25) is 0 Å². The van der Waals surface area contributed by atoms with Crippen LogP contribution in [0.5, 0.6) is 5.75 Å². The lowest BCUT2D eigenvalue weighted by atomic mass is 10.1. The summed E-state index contributed by atoms with van der Waals surface area (Å²) in [6.45, 7) is 4.89. The van der Waals surface area contributed by atoms with Crippen molar-refractivity contribution in [2.24, 2.45) is 0 Å². The number of methoxy groups -OCH3 is 1. The van der Waals surface area contributed by atoms with Crippen molar-refractivity contribution in [2.75, 3.05) is 33.5 Å². The van der Waals surface area contributed by atoms with E-state index in [0.717, 1.165) is 5.39 Å². The molecule has 0 saturated heterocycles. The van der Waals surface area contributed by atoms with Crippen molar-refractivity contribution in [3.05, 3.63) is 29.5 Å². The van der Waals surface area contributed by atoms with Crippen molar-refractivity contribution in [3.8, 4) is 5.75 Å². The lowest BCUT2D eigenvalue weighted by molar-refractivity contribution is -0.124. The summed E-state index contributed by atoms with van der Waals surface area (Å²) in [4.78, 5) is 23.8. The largest absolute Gasteiger partial charge is 0.494 e. The molecule has 7 nitrogen and oxygen atoms in total. The summed E-state index contributed by atoms with van der Waals surface area (Å²) < 4.78 is 20.9. The molecular weight excluding hydrogens is 326 g/mol. The zero-order valence-corrected chi connectivity index (χ0v) is 14.7. The highest BCUT2D eigenvalue weighted by atomic mass is 16.5. The van der Waals surface area contributed by atoms with Gasteiger partial charge in [0.1, 0.15) is 11.3 Å². The molecule has 1 aromatic heterocycles. The summed E-state index contributed by atoms with van der Waals surface area (Å²) in [6, 6.07) is 5.33. The summed E-state index contributed by atoms with van der Waals surface area (Å²) in [7, 11) is 1.59. The predicted molar refractivity (Wildman–Crippen MR) is 91.9 cm³/mol. The molecule has 0 unspecified atom stereocenters. The molecule has 0 aliphatic heterocycles. The molecule has 0 atom stereocenters. The molecule has 1 N–H and O–H groups in total. The van der Waals surface area contributed by atoms with Gasteiger partial charge in [0.2, 0.25) is 5.76 Å². The Balaban J connectivity index is 1.97. The third kappa shape index (κ3) is 4.96.